The Kier molecular flexibility index (Phi) is 6.24. The predicted molar refractivity (Wildman–Crippen MR) is 237 cm³/mol. The van der Waals surface area contributed by atoms with Crippen molar-refractivity contribution in [2.45, 2.75) is 18.3 Å². The molecule has 10 aromatic rings. The zero-order valence-corrected chi connectivity index (χ0v) is 31.3. The summed E-state index contributed by atoms with van der Waals surface area (Å²) in [6.45, 7) is 0. The van der Waals surface area contributed by atoms with E-state index in [9.17, 15) is 0 Å². The molecule has 0 amide bonds. The summed E-state index contributed by atoms with van der Waals surface area (Å²) in [6.07, 6.45) is 6.76. The monoisotopic (exact) mass is 724 g/mol. The minimum absolute atomic E-state index is 0.381. The highest BCUT2D eigenvalue weighted by atomic mass is 15.0. The Hall–Kier alpha value is -7.16. The molecule has 266 valence electrons. The number of allylic oxidation sites excluding steroid dienone is 1. The average Bonchev–Trinajstić information content (AvgIpc) is 3.98. The summed E-state index contributed by atoms with van der Waals surface area (Å²) in [5.74, 6) is 0. The molecule has 0 atom stereocenters. The van der Waals surface area contributed by atoms with Gasteiger partial charge in [0.05, 0.1) is 27.7 Å². The fraction of sp³-hybridized carbons (Fsp3) is 0.0545. The molecule has 0 N–H and O–H groups in total. The largest absolute Gasteiger partial charge is 0.310 e. The van der Waals surface area contributed by atoms with Crippen LogP contribution in [0.5, 0.6) is 0 Å². The van der Waals surface area contributed by atoms with Gasteiger partial charge in [-0.3, -0.25) is 0 Å². The van der Waals surface area contributed by atoms with Gasteiger partial charge in [0.2, 0.25) is 0 Å². The Balaban J connectivity index is 1.04. The van der Waals surface area contributed by atoms with E-state index in [0.29, 0.717) is 0 Å². The van der Waals surface area contributed by atoms with Crippen molar-refractivity contribution in [2.75, 3.05) is 0 Å². The molecule has 0 saturated heterocycles. The molecule has 0 fully saturated rings. The molecule has 8 aromatic carbocycles. The zero-order valence-electron chi connectivity index (χ0n) is 31.3. The van der Waals surface area contributed by atoms with Crippen LogP contribution in [0, 0.1) is 0 Å². The van der Waals surface area contributed by atoms with Crippen LogP contribution in [0.3, 0.4) is 0 Å². The highest BCUT2D eigenvalue weighted by Gasteiger charge is 2.52. The number of hydrogen-bond donors (Lipinski definition) is 0. The quantitative estimate of drug-likeness (QED) is 0.172. The molecule has 2 aromatic heterocycles. The third-order valence-electron chi connectivity index (χ3n) is 13.2. The average molecular weight is 725 g/mol. The molecule has 2 heteroatoms. The summed E-state index contributed by atoms with van der Waals surface area (Å²) >= 11 is 0. The summed E-state index contributed by atoms with van der Waals surface area (Å²) in [4.78, 5) is 0. The topological polar surface area (TPSA) is 9.86 Å². The molecule has 0 saturated carbocycles. The SMILES string of the molecule is C1=Cc2c(c3cc(-c4ccc5c(c4)c4ccccc4n5-c4cccc5c4-c4ccccc4C54c5ccccc5-c5ccccc54)ccc3n2-c2ccccc2)CC1. The van der Waals surface area contributed by atoms with Gasteiger partial charge in [0.15, 0.2) is 0 Å². The van der Waals surface area contributed by atoms with Crippen molar-refractivity contribution in [3.63, 3.8) is 0 Å². The smallest absolute Gasteiger partial charge is 0.0726 e. The Bertz CT molecular complexity index is 3310. The van der Waals surface area contributed by atoms with Gasteiger partial charge in [-0.25, -0.2) is 0 Å². The maximum absolute atomic E-state index is 2.53. The molecule has 0 radical (unpaired) electrons. The molecule has 2 heterocycles. The van der Waals surface area contributed by atoms with Crippen molar-refractivity contribution < 1.29 is 0 Å². The number of fused-ring (bicyclic) bond motifs is 16. The standard InChI is InChI=1S/C55H36N2/c1-2-15-37(16-3-1)56-49-26-12-7-19-40(49)43-33-35(29-31-51(43)56)36-30-32-52-44(34-36)41-20-8-13-27-50(41)57(52)53-28-14-25-48-54(53)42-21-6-11-24-47(42)55(48)45-22-9-4-17-38(45)39-18-5-10-23-46(39)55/h1-6,8-18,20-34H,7,19H2. The van der Waals surface area contributed by atoms with Crippen LogP contribution in [0.25, 0.3) is 83.5 Å². The van der Waals surface area contributed by atoms with Crippen LogP contribution in [-0.4, -0.2) is 9.13 Å². The normalized spacial score (nSPS) is 14.2. The molecule has 2 nitrogen and oxygen atoms in total. The van der Waals surface area contributed by atoms with Crippen LogP contribution >= 0.6 is 0 Å². The lowest BCUT2D eigenvalue weighted by Gasteiger charge is -2.30. The maximum Gasteiger partial charge on any atom is 0.0726 e. The fourth-order valence-corrected chi connectivity index (χ4v) is 11.0. The van der Waals surface area contributed by atoms with E-state index in [-0.39, 0.29) is 5.41 Å². The summed E-state index contributed by atoms with van der Waals surface area (Å²) in [5, 5.41) is 3.88. The minimum Gasteiger partial charge on any atom is -0.310 e. The number of hydrogen-bond acceptors (Lipinski definition) is 0. The van der Waals surface area contributed by atoms with E-state index < -0.39 is 0 Å². The first-order valence-corrected chi connectivity index (χ1v) is 20.2. The van der Waals surface area contributed by atoms with Crippen molar-refractivity contribution >= 4 is 38.8 Å². The summed E-state index contributed by atoms with van der Waals surface area (Å²) in [5.41, 5.74) is 21.7. The molecule has 13 rings (SSSR count). The Morgan fingerprint density at radius 3 is 1.75 bits per heavy atom. The highest BCUT2D eigenvalue weighted by molar-refractivity contribution is 6.12. The van der Waals surface area contributed by atoms with Gasteiger partial charge in [0.25, 0.3) is 0 Å². The Morgan fingerprint density at radius 2 is 1.00 bits per heavy atom. The lowest BCUT2D eigenvalue weighted by atomic mass is 9.70. The van der Waals surface area contributed by atoms with Crippen LogP contribution in [-0.2, 0) is 11.8 Å². The second kappa shape index (κ2) is 11.4. The van der Waals surface area contributed by atoms with Gasteiger partial charge in [-0.15, -0.1) is 0 Å². The van der Waals surface area contributed by atoms with Gasteiger partial charge in [-0.05, 0) is 123 Å². The lowest BCUT2D eigenvalue weighted by Crippen LogP contribution is -2.25. The van der Waals surface area contributed by atoms with Gasteiger partial charge in [-0.2, -0.15) is 0 Å². The third kappa shape index (κ3) is 3.99. The van der Waals surface area contributed by atoms with Gasteiger partial charge >= 0.3 is 0 Å². The fourth-order valence-electron chi connectivity index (χ4n) is 11.0. The Labute approximate surface area is 331 Å². The Morgan fingerprint density at radius 1 is 0.421 bits per heavy atom. The van der Waals surface area contributed by atoms with Crippen LogP contribution in [0.1, 0.15) is 39.9 Å². The summed E-state index contributed by atoms with van der Waals surface area (Å²) < 4.78 is 4.96. The first kappa shape index (κ1) is 31.1. The predicted octanol–water partition coefficient (Wildman–Crippen LogP) is 13.7. The van der Waals surface area contributed by atoms with E-state index in [1.165, 1.54) is 111 Å². The minimum atomic E-state index is -0.381. The molecular weight excluding hydrogens is 689 g/mol. The van der Waals surface area contributed by atoms with E-state index in [1.807, 2.05) is 0 Å². The number of para-hydroxylation sites is 2. The summed E-state index contributed by atoms with van der Waals surface area (Å²) in [6, 6.07) is 68.2. The van der Waals surface area contributed by atoms with Crippen molar-refractivity contribution in [1.82, 2.24) is 9.13 Å². The molecule has 1 spiro atoms. The van der Waals surface area contributed by atoms with Crippen molar-refractivity contribution in [3.05, 3.63) is 222 Å². The molecule has 0 unspecified atom stereocenters. The molecule has 3 aliphatic carbocycles. The molecule has 57 heavy (non-hydrogen) atoms. The summed E-state index contributed by atoms with van der Waals surface area (Å²) in [7, 11) is 0. The van der Waals surface area contributed by atoms with E-state index >= 15 is 0 Å². The van der Waals surface area contributed by atoms with E-state index in [1.54, 1.807) is 0 Å². The second-order valence-electron chi connectivity index (χ2n) is 15.9. The molecule has 0 bridgehead atoms. The van der Waals surface area contributed by atoms with Gasteiger partial charge in [0.1, 0.15) is 0 Å². The van der Waals surface area contributed by atoms with Crippen molar-refractivity contribution in [3.8, 4) is 44.8 Å². The lowest BCUT2D eigenvalue weighted by molar-refractivity contribution is 0.793. The first-order chi connectivity index (χ1) is 28.3. The highest BCUT2D eigenvalue weighted by Crippen LogP contribution is 2.63. The number of aryl methyl sites for hydroxylation is 1. The van der Waals surface area contributed by atoms with Crippen LogP contribution in [0.15, 0.2) is 188 Å². The van der Waals surface area contributed by atoms with Gasteiger partial charge < -0.3 is 9.13 Å². The van der Waals surface area contributed by atoms with Gasteiger partial charge in [-0.1, -0.05) is 140 Å². The van der Waals surface area contributed by atoms with E-state index in [0.717, 1.165) is 12.8 Å². The second-order valence-corrected chi connectivity index (χ2v) is 15.9. The van der Waals surface area contributed by atoms with Crippen LogP contribution in [0.2, 0.25) is 0 Å². The molecule has 3 aliphatic rings. The van der Waals surface area contributed by atoms with Crippen molar-refractivity contribution in [2.24, 2.45) is 0 Å². The molecule has 0 aliphatic heterocycles. The zero-order chi connectivity index (χ0) is 37.2. The number of rotatable bonds is 3. The maximum atomic E-state index is 2.53. The van der Waals surface area contributed by atoms with Gasteiger partial charge in [0, 0.05) is 33.1 Å². The third-order valence-corrected chi connectivity index (χ3v) is 13.2. The van der Waals surface area contributed by atoms with E-state index in [4.69, 9.17) is 0 Å². The van der Waals surface area contributed by atoms with E-state index in [2.05, 4.69) is 203 Å². The number of benzene rings is 8. The van der Waals surface area contributed by atoms with Crippen molar-refractivity contribution in [1.29, 1.82) is 0 Å². The number of aromatic nitrogens is 2. The molecular formula is C55H36N2. The van der Waals surface area contributed by atoms with Crippen LogP contribution < -0.4 is 0 Å². The van der Waals surface area contributed by atoms with Crippen LogP contribution in [0.4, 0.5) is 0 Å². The first-order valence-electron chi connectivity index (χ1n) is 20.2. The number of nitrogens with zero attached hydrogens (tertiary/aromatic N) is 2.